The number of benzene rings is 2. The maximum atomic E-state index is 13.5. The normalized spacial score (nSPS) is 14.0. The lowest BCUT2D eigenvalue weighted by molar-refractivity contribution is -0.117. The number of aromatic nitrogens is 4. The molecule has 5 rings (SSSR count). The average Bonchev–Trinajstić information content (AvgIpc) is 3.26. The van der Waals surface area contributed by atoms with Crippen LogP contribution in [0.5, 0.6) is 0 Å². The Morgan fingerprint density at radius 1 is 1.00 bits per heavy atom. The Morgan fingerprint density at radius 3 is 2.58 bits per heavy atom. The van der Waals surface area contributed by atoms with E-state index in [0.29, 0.717) is 6.54 Å². The minimum Gasteiger partial charge on any atom is -0.311 e. The third-order valence-corrected chi connectivity index (χ3v) is 6.91. The maximum absolute atomic E-state index is 13.5. The van der Waals surface area contributed by atoms with E-state index in [9.17, 15) is 4.79 Å². The molecule has 166 valence electrons. The summed E-state index contributed by atoms with van der Waals surface area (Å²) in [6, 6.07) is 22.3. The summed E-state index contributed by atoms with van der Waals surface area (Å²) in [5.41, 5.74) is 4.37. The van der Waals surface area contributed by atoms with E-state index in [1.165, 1.54) is 17.3 Å². The number of hydrogen-bond donors (Lipinski definition) is 0. The quantitative estimate of drug-likeness (QED) is 0.389. The number of aryl methyl sites for hydroxylation is 1. The second-order valence-electron chi connectivity index (χ2n) is 8.10. The van der Waals surface area contributed by atoms with Crippen LogP contribution in [-0.4, -0.2) is 37.5 Å². The molecule has 33 heavy (non-hydrogen) atoms. The summed E-state index contributed by atoms with van der Waals surface area (Å²) in [5, 5.41) is 9.41. The molecular formula is C26H25N5OS. The minimum atomic E-state index is -0.292. The molecule has 1 amide bonds. The number of carbonyl (C=O) groups is 1. The predicted molar refractivity (Wildman–Crippen MR) is 131 cm³/mol. The van der Waals surface area contributed by atoms with Gasteiger partial charge in [0.15, 0.2) is 11.0 Å². The Hall–Kier alpha value is -3.45. The standard InChI is InChI=1S/C26H25N5OS/c1-19(25(32)30-17-7-11-21-10-5-6-12-23(21)30)33-26-29-28-24(22-13-15-27-16-14-22)31(26)18-20-8-3-2-4-9-20/h2-6,8-10,12-16,19H,7,11,17-18H2,1H3. The number of anilines is 1. The third-order valence-electron chi connectivity index (χ3n) is 5.85. The van der Waals surface area contributed by atoms with Crippen molar-refractivity contribution in [1.82, 2.24) is 19.7 Å². The highest BCUT2D eigenvalue weighted by atomic mass is 32.2. The van der Waals surface area contributed by atoms with Gasteiger partial charge < -0.3 is 4.90 Å². The van der Waals surface area contributed by atoms with Gasteiger partial charge in [-0.1, -0.05) is 60.3 Å². The van der Waals surface area contributed by atoms with Gasteiger partial charge in [-0.25, -0.2) is 0 Å². The van der Waals surface area contributed by atoms with Crippen LogP contribution in [-0.2, 0) is 17.8 Å². The second-order valence-corrected chi connectivity index (χ2v) is 9.40. The van der Waals surface area contributed by atoms with Gasteiger partial charge in [0.05, 0.1) is 11.8 Å². The fourth-order valence-electron chi connectivity index (χ4n) is 4.19. The van der Waals surface area contributed by atoms with Crippen LogP contribution < -0.4 is 4.90 Å². The van der Waals surface area contributed by atoms with Crippen molar-refractivity contribution in [3.8, 4) is 11.4 Å². The van der Waals surface area contributed by atoms with Crippen molar-refractivity contribution >= 4 is 23.4 Å². The van der Waals surface area contributed by atoms with Gasteiger partial charge in [0.2, 0.25) is 5.91 Å². The molecule has 0 saturated carbocycles. The van der Waals surface area contributed by atoms with Gasteiger partial charge in [-0.05, 0) is 49.1 Å². The zero-order valence-corrected chi connectivity index (χ0v) is 19.3. The van der Waals surface area contributed by atoms with Crippen molar-refractivity contribution in [2.75, 3.05) is 11.4 Å². The Kier molecular flexibility index (Phi) is 6.21. The molecule has 0 spiro atoms. The monoisotopic (exact) mass is 455 g/mol. The summed E-state index contributed by atoms with van der Waals surface area (Å²) in [4.78, 5) is 19.5. The molecule has 0 N–H and O–H groups in total. The largest absolute Gasteiger partial charge is 0.311 e. The Balaban J connectivity index is 1.43. The predicted octanol–water partition coefficient (Wildman–Crippen LogP) is 4.85. The van der Waals surface area contributed by atoms with E-state index in [2.05, 4.69) is 37.9 Å². The van der Waals surface area contributed by atoms with Gasteiger partial charge in [0, 0.05) is 30.2 Å². The van der Waals surface area contributed by atoms with Crippen LogP contribution >= 0.6 is 11.8 Å². The number of para-hydroxylation sites is 1. The molecule has 0 bridgehead atoms. The molecule has 1 unspecified atom stereocenters. The molecule has 0 saturated heterocycles. The van der Waals surface area contributed by atoms with Crippen molar-refractivity contribution < 1.29 is 4.79 Å². The first-order valence-electron chi connectivity index (χ1n) is 11.1. The highest BCUT2D eigenvalue weighted by Gasteiger charge is 2.28. The van der Waals surface area contributed by atoms with Crippen LogP contribution in [0.3, 0.4) is 0 Å². The van der Waals surface area contributed by atoms with Crippen LogP contribution in [0.15, 0.2) is 84.3 Å². The first-order valence-corrected chi connectivity index (χ1v) is 12.0. The van der Waals surface area contributed by atoms with Crippen LogP contribution in [0.4, 0.5) is 5.69 Å². The number of amides is 1. The van der Waals surface area contributed by atoms with Crippen molar-refractivity contribution in [3.05, 3.63) is 90.3 Å². The van der Waals surface area contributed by atoms with Crippen LogP contribution in [0.1, 0.15) is 24.5 Å². The minimum absolute atomic E-state index is 0.104. The molecule has 3 heterocycles. The molecule has 4 aromatic rings. The molecule has 1 atom stereocenters. The van der Waals surface area contributed by atoms with E-state index < -0.39 is 0 Å². The van der Waals surface area contributed by atoms with Crippen molar-refractivity contribution in [1.29, 1.82) is 0 Å². The van der Waals surface area contributed by atoms with Gasteiger partial charge in [-0.3, -0.25) is 14.3 Å². The lowest BCUT2D eigenvalue weighted by atomic mass is 10.0. The molecular weight excluding hydrogens is 430 g/mol. The van der Waals surface area contributed by atoms with E-state index in [1.54, 1.807) is 12.4 Å². The number of rotatable bonds is 6. The molecule has 0 radical (unpaired) electrons. The topological polar surface area (TPSA) is 63.9 Å². The third kappa shape index (κ3) is 4.54. The zero-order chi connectivity index (χ0) is 22.6. The van der Waals surface area contributed by atoms with Gasteiger partial charge >= 0.3 is 0 Å². The molecule has 2 aromatic heterocycles. The number of thioether (sulfide) groups is 1. The lowest BCUT2D eigenvalue weighted by Gasteiger charge is -2.31. The molecule has 0 fully saturated rings. The van der Waals surface area contributed by atoms with Crippen molar-refractivity contribution in [2.24, 2.45) is 0 Å². The number of fused-ring (bicyclic) bond motifs is 1. The summed E-state index contributed by atoms with van der Waals surface area (Å²) in [6.45, 7) is 3.33. The summed E-state index contributed by atoms with van der Waals surface area (Å²) in [5.74, 6) is 0.874. The van der Waals surface area contributed by atoms with E-state index in [4.69, 9.17) is 0 Å². The molecule has 6 nitrogen and oxygen atoms in total. The van der Waals surface area contributed by atoms with Crippen molar-refractivity contribution in [3.63, 3.8) is 0 Å². The van der Waals surface area contributed by atoms with Crippen LogP contribution in [0.2, 0.25) is 0 Å². The SMILES string of the molecule is CC(Sc1nnc(-c2ccncc2)n1Cc1ccccc1)C(=O)N1CCCc2ccccc21. The van der Waals surface area contributed by atoms with Crippen LogP contribution in [0, 0.1) is 0 Å². The average molecular weight is 456 g/mol. The van der Waals surface area contributed by atoms with Crippen molar-refractivity contribution in [2.45, 2.75) is 36.7 Å². The van der Waals surface area contributed by atoms with E-state index in [-0.39, 0.29) is 11.2 Å². The first kappa shape index (κ1) is 21.4. The summed E-state index contributed by atoms with van der Waals surface area (Å²) in [6.07, 6.45) is 5.51. The number of nitrogens with zero attached hydrogens (tertiary/aromatic N) is 5. The van der Waals surface area contributed by atoms with E-state index in [0.717, 1.165) is 47.2 Å². The highest BCUT2D eigenvalue weighted by Crippen LogP contribution is 2.32. The first-order chi connectivity index (χ1) is 16.2. The molecule has 1 aliphatic heterocycles. The van der Waals surface area contributed by atoms with Gasteiger partial charge in [-0.15, -0.1) is 10.2 Å². The fraction of sp³-hybridized carbons (Fsp3) is 0.231. The summed E-state index contributed by atoms with van der Waals surface area (Å²) in [7, 11) is 0. The Bertz CT molecular complexity index is 1240. The fourth-order valence-corrected chi connectivity index (χ4v) is 5.10. The van der Waals surface area contributed by atoms with E-state index >= 15 is 0 Å². The Morgan fingerprint density at radius 2 is 1.76 bits per heavy atom. The molecule has 1 aliphatic rings. The maximum Gasteiger partial charge on any atom is 0.240 e. The van der Waals surface area contributed by atoms with Crippen LogP contribution in [0.25, 0.3) is 11.4 Å². The molecule has 7 heteroatoms. The molecule has 2 aromatic carbocycles. The zero-order valence-electron chi connectivity index (χ0n) is 18.5. The second kappa shape index (κ2) is 9.58. The Labute approximate surface area is 197 Å². The van der Waals surface area contributed by atoms with Gasteiger partial charge in [-0.2, -0.15) is 0 Å². The summed E-state index contributed by atoms with van der Waals surface area (Å²) < 4.78 is 2.09. The van der Waals surface area contributed by atoms with E-state index in [1.807, 2.05) is 60.4 Å². The lowest BCUT2D eigenvalue weighted by Crippen LogP contribution is -2.40. The smallest absolute Gasteiger partial charge is 0.240 e. The number of pyridine rings is 1. The molecule has 0 aliphatic carbocycles. The van der Waals surface area contributed by atoms with Gasteiger partial charge in [0.1, 0.15) is 0 Å². The summed E-state index contributed by atoms with van der Waals surface area (Å²) >= 11 is 1.46. The van der Waals surface area contributed by atoms with Gasteiger partial charge in [0.25, 0.3) is 0 Å². The number of hydrogen-bond acceptors (Lipinski definition) is 5. The number of carbonyl (C=O) groups excluding carboxylic acids is 1. The highest BCUT2D eigenvalue weighted by molar-refractivity contribution is 8.00.